The van der Waals surface area contributed by atoms with Crippen molar-refractivity contribution in [3.05, 3.63) is 29.2 Å². The Bertz CT molecular complexity index is 486. The minimum absolute atomic E-state index is 0.882. The molecular formula is C10H12N4. The highest BCUT2D eigenvalue weighted by Gasteiger charge is 2.15. The molecule has 0 saturated carbocycles. The van der Waals surface area contributed by atoms with Crippen LogP contribution in [0.1, 0.15) is 17.1 Å². The maximum atomic E-state index is 4.55. The van der Waals surface area contributed by atoms with E-state index in [1.807, 2.05) is 23.6 Å². The third kappa shape index (κ3) is 1.04. The molecule has 2 aromatic heterocycles. The van der Waals surface area contributed by atoms with Crippen molar-refractivity contribution < 1.29 is 0 Å². The molecule has 0 spiro atoms. The van der Waals surface area contributed by atoms with Crippen molar-refractivity contribution in [2.75, 3.05) is 6.54 Å². The van der Waals surface area contributed by atoms with Crippen LogP contribution in [0.3, 0.4) is 0 Å². The van der Waals surface area contributed by atoms with Gasteiger partial charge in [0.1, 0.15) is 0 Å². The van der Waals surface area contributed by atoms with Crippen molar-refractivity contribution in [1.29, 1.82) is 0 Å². The van der Waals surface area contributed by atoms with E-state index < -0.39 is 0 Å². The second kappa shape index (κ2) is 2.78. The summed E-state index contributed by atoms with van der Waals surface area (Å²) in [7, 11) is 0. The fourth-order valence-electron chi connectivity index (χ4n) is 1.91. The average molecular weight is 188 g/mol. The van der Waals surface area contributed by atoms with Gasteiger partial charge in [0.15, 0.2) is 5.65 Å². The largest absolute Gasteiger partial charge is 0.311 e. The number of imidazole rings is 1. The van der Waals surface area contributed by atoms with Crippen LogP contribution in [0.4, 0.5) is 0 Å². The highest BCUT2D eigenvalue weighted by atomic mass is 15.3. The molecule has 0 fully saturated rings. The maximum absolute atomic E-state index is 4.55. The smallest absolute Gasteiger partial charge is 0.154 e. The van der Waals surface area contributed by atoms with Crippen molar-refractivity contribution in [2.45, 2.75) is 19.9 Å². The number of nitrogens with zero attached hydrogens (tertiary/aromatic N) is 3. The van der Waals surface area contributed by atoms with Crippen LogP contribution in [-0.2, 0) is 13.0 Å². The van der Waals surface area contributed by atoms with Crippen LogP contribution in [0.5, 0.6) is 0 Å². The Labute approximate surface area is 82.0 Å². The fourth-order valence-corrected chi connectivity index (χ4v) is 1.91. The van der Waals surface area contributed by atoms with Crippen LogP contribution in [0.2, 0.25) is 0 Å². The van der Waals surface area contributed by atoms with Gasteiger partial charge in [0.25, 0.3) is 0 Å². The molecule has 3 heterocycles. The Kier molecular flexibility index (Phi) is 1.58. The van der Waals surface area contributed by atoms with Gasteiger partial charge in [0.2, 0.25) is 0 Å². The van der Waals surface area contributed by atoms with Crippen molar-refractivity contribution in [3.63, 3.8) is 0 Å². The number of aryl methyl sites for hydroxylation is 1. The van der Waals surface area contributed by atoms with Crippen LogP contribution >= 0.6 is 0 Å². The van der Waals surface area contributed by atoms with Crippen LogP contribution in [-0.4, -0.2) is 21.1 Å². The van der Waals surface area contributed by atoms with Crippen molar-refractivity contribution in [1.82, 2.24) is 19.9 Å². The molecule has 4 nitrogen and oxygen atoms in total. The van der Waals surface area contributed by atoms with E-state index in [1.165, 1.54) is 11.4 Å². The normalized spacial score (nSPS) is 15.8. The minimum atomic E-state index is 0.882. The Morgan fingerprint density at radius 1 is 1.43 bits per heavy atom. The van der Waals surface area contributed by atoms with Gasteiger partial charge in [-0.1, -0.05) is 0 Å². The molecule has 4 heteroatoms. The minimum Gasteiger partial charge on any atom is -0.311 e. The SMILES string of the molecule is Cc1ccc2nc3c(n2n1)CNCC3. The number of aromatic nitrogens is 3. The third-order valence-corrected chi connectivity index (χ3v) is 2.62. The van der Waals surface area contributed by atoms with Gasteiger partial charge in [-0.05, 0) is 19.1 Å². The lowest BCUT2D eigenvalue weighted by Gasteiger charge is -2.11. The Hall–Kier alpha value is -1.42. The molecule has 14 heavy (non-hydrogen) atoms. The summed E-state index contributed by atoms with van der Waals surface area (Å²) in [5.41, 5.74) is 4.41. The highest BCUT2D eigenvalue weighted by molar-refractivity contribution is 5.42. The highest BCUT2D eigenvalue weighted by Crippen LogP contribution is 2.14. The summed E-state index contributed by atoms with van der Waals surface area (Å²) in [6.45, 7) is 3.91. The lowest BCUT2D eigenvalue weighted by atomic mass is 10.2. The molecule has 0 atom stereocenters. The molecule has 1 aliphatic rings. The van der Waals surface area contributed by atoms with Gasteiger partial charge in [-0.3, -0.25) is 0 Å². The molecule has 1 N–H and O–H groups in total. The molecule has 72 valence electrons. The first-order chi connectivity index (χ1) is 6.84. The summed E-state index contributed by atoms with van der Waals surface area (Å²) in [6.07, 6.45) is 1.01. The maximum Gasteiger partial charge on any atom is 0.154 e. The van der Waals surface area contributed by atoms with Crippen molar-refractivity contribution in [2.24, 2.45) is 0 Å². The van der Waals surface area contributed by atoms with Gasteiger partial charge in [-0.15, -0.1) is 0 Å². The number of hydrogen-bond acceptors (Lipinski definition) is 3. The second-order valence-corrected chi connectivity index (χ2v) is 3.68. The lowest BCUT2D eigenvalue weighted by molar-refractivity contribution is 0.609. The van der Waals surface area contributed by atoms with Crippen LogP contribution in [0.25, 0.3) is 5.65 Å². The predicted octanol–water partition coefficient (Wildman–Crippen LogP) is 0.683. The van der Waals surface area contributed by atoms with Gasteiger partial charge >= 0.3 is 0 Å². The summed E-state index contributed by atoms with van der Waals surface area (Å²) in [6, 6.07) is 4.03. The lowest BCUT2D eigenvalue weighted by Crippen LogP contribution is -2.24. The van der Waals surface area contributed by atoms with E-state index in [2.05, 4.69) is 15.4 Å². The van der Waals surface area contributed by atoms with Gasteiger partial charge in [-0.2, -0.15) is 5.10 Å². The summed E-state index contributed by atoms with van der Waals surface area (Å²) in [5, 5.41) is 7.80. The van der Waals surface area contributed by atoms with E-state index in [0.29, 0.717) is 0 Å². The monoisotopic (exact) mass is 188 g/mol. The Morgan fingerprint density at radius 2 is 2.36 bits per heavy atom. The van der Waals surface area contributed by atoms with Crippen LogP contribution in [0.15, 0.2) is 12.1 Å². The molecule has 3 rings (SSSR count). The zero-order chi connectivity index (χ0) is 9.54. The molecule has 0 bridgehead atoms. The van der Waals surface area contributed by atoms with E-state index >= 15 is 0 Å². The van der Waals surface area contributed by atoms with Gasteiger partial charge in [-0.25, -0.2) is 9.50 Å². The Balaban J connectivity index is 2.32. The quantitative estimate of drug-likeness (QED) is 0.661. The van der Waals surface area contributed by atoms with E-state index in [9.17, 15) is 0 Å². The van der Waals surface area contributed by atoms with Gasteiger partial charge in [0, 0.05) is 19.5 Å². The van der Waals surface area contributed by atoms with Gasteiger partial charge < -0.3 is 5.32 Å². The third-order valence-electron chi connectivity index (χ3n) is 2.62. The second-order valence-electron chi connectivity index (χ2n) is 3.68. The van der Waals surface area contributed by atoms with Crippen molar-refractivity contribution >= 4 is 5.65 Å². The van der Waals surface area contributed by atoms with E-state index in [0.717, 1.165) is 30.9 Å². The molecule has 0 aromatic carbocycles. The molecule has 0 saturated heterocycles. The van der Waals surface area contributed by atoms with E-state index in [-0.39, 0.29) is 0 Å². The van der Waals surface area contributed by atoms with Crippen LogP contribution < -0.4 is 5.32 Å². The molecule has 0 radical (unpaired) electrons. The molecule has 0 unspecified atom stereocenters. The Morgan fingerprint density at radius 3 is 3.29 bits per heavy atom. The first-order valence-electron chi connectivity index (χ1n) is 4.89. The number of rotatable bonds is 0. The molecule has 0 aliphatic carbocycles. The van der Waals surface area contributed by atoms with Crippen LogP contribution in [0, 0.1) is 6.92 Å². The topological polar surface area (TPSA) is 42.2 Å². The molecule has 2 aromatic rings. The summed E-state index contributed by atoms with van der Waals surface area (Å²) < 4.78 is 1.96. The van der Waals surface area contributed by atoms with E-state index in [4.69, 9.17) is 0 Å². The molecule has 0 amide bonds. The molecular weight excluding hydrogens is 176 g/mol. The first-order valence-corrected chi connectivity index (χ1v) is 4.89. The van der Waals surface area contributed by atoms with E-state index in [1.54, 1.807) is 0 Å². The predicted molar refractivity (Wildman–Crippen MR) is 53.1 cm³/mol. The number of fused-ring (bicyclic) bond motifs is 3. The van der Waals surface area contributed by atoms with Gasteiger partial charge in [0.05, 0.1) is 17.1 Å². The van der Waals surface area contributed by atoms with Crippen molar-refractivity contribution in [3.8, 4) is 0 Å². The molecule has 1 aliphatic heterocycles. The summed E-state index contributed by atoms with van der Waals surface area (Å²) in [4.78, 5) is 4.55. The first kappa shape index (κ1) is 7.94. The fraction of sp³-hybridized carbons (Fsp3) is 0.400. The zero-order valence-corrected chi connectivity index (χ0v) is 8.12. The standard InChI is InChI=1S/C10H12N4/c1-7-2-3-10-12-8-4-5-11-6-9(8)14(10)13-7/h2-3,11H,4-6H2,1H3. The summed E-state index contributed by atoms with van der Waals surface area (Å²) >= 11 is 0. The number of hydrogen-bond donors (Lipinski definition) is 1. The average Bonchev–Trinajstić information content (AvgIpc) is 2.56. The zero-order valence-electron chi connectivity index (χ0n) is 8.12. The summed E-state index contributed by atoms with van der Waals surface area (Å²) in [5.74, 6) is 0. The number of nitrogens with one attached hydrogen (secondary N) is 1.